The molecule has 1 N–H and O–H groups in total. The number of aromatic nitrogens is 1. The highest BCUT2D eigenvalue weighted by Crippen LogP contribution is 2.47. The third kappa shape index (κ3) is 2.01. The predicted octanol–water partition coefficient (Wildman–Crippen LogP) is 1.71. The zero-order valence-electron chi connectivity index (χ0n) is 7.70. The predicted molar refractivity (Wildman–Crippen MR) is 55.3 cm³/mol. The lowest BCUT2D eigenvalue weighted by Gasteiger charge is -1.94. The fourth-order valence-corrected chi connectivity index (χ4v) is 3.92. The van der Waals surface area contributed by atoms with Crippen LogP contribution in [0.4, 0.5) is 4.48 Å². The second-order valence-corrected chi connectivity index (χ2v) is 6.78. The lowest BCUT2D eigenvalue weighted by atomic mass is 10.4. The van der Waals surface area contributed by atoms with Crippen molar-refractivity contribution in [1.82, 2.24) is 9.93 Å². The van der Waals surface area contributed by atoms with Crippen LogP contribution in [0.1, 0.15) is 23.0 Å². The molecule has 0 bridgehead atoms. The molecule has 0 radical (unpaired) electrons. The summed E-state index contributed by atoms with van der Waals surface area (Å²) in [6.07, 6.45) is 0.803. The first-order chi connectivity index (χ1) is 6.95. The molecule has 2 rings (SSSR count). The highest BCUT2D eigenvalue weighted by atomic mass is 35.5. The van der Waals surface area contributed by atoms with Crippen molar-refractivity contribution in [1.29, 1.82) is 0 Å². The van der Waals surface area contributed by atoms with Crippen LogP contribution in [0, 0.1) is 6.92 Å². The first-order valence-corrected chi connectivity index (χ1v) is 6.93. The summed E-state index contributed by atoms with van der Waals surface area (Å²) in [5, 5.41) is 0.700. The fourth-order valence-electron chi connectivity index (χ4n) is 1.27. The number of nitrogens with zero attached hydrogens (tertiary/aromatic N) is 1. The Bertz CT molecular complexity index is 487. The van der Waals surface area contributed by atoms with Gasteiger partial charge in [0.1, 0.15) is 0 Å². The highest BCUT2D eigenvalue weighted by molar-refractivity contribution is 7.91. The maximum atomic E-state index is 12.1. The third-order valence-corrected chi connectivity index (χ3v) is 5.61. The van der Waals surface area contributed by atoms with Crippen molar-refractivity contribution in [2.24, 2.45) is 0 Å². The molecular weight excluding hydrogens is 263 g/mol. The van der Waals surface area contributed by atoms with Crippen LogP contribution in [0.15, 0.2) is 4.21 Å². The van der Waals surface area contributed by atoms with Gasteiger partial charge >= 0.3 is 0 Å². The second-order valence-electron chi connectivity index (χ2n) is 3.36. The number of nitrogens with one attached hydrogen (secondary N) is 1. The molecule has 8 heteroatoms. The minimum atomic E-state index is -4.03. The molecule has 0 saturated heterocycles. The molecule has 0 amide bonds. The lowest BCUT2D eigenvalue weighted by Crippen LogP contribution is -2.14. The molecule has 0 unspecified atom stereocenters. The molecule has 1 fully saturated rings. The molecular formula is C7H8ClFN2O2S2. The van der Waals surface area contributed by atoms with Crippen molar-refractivity contribution in [2.45, 2.75) is 28.8 Å². The van der Waals surface area contributed by atoms with E-state index in [0.29, 0.717) is 10.7 Å². The molecule has 84 valence electrons. The normalized spacial score (nSPS) is 25.5. The molecule has 1 aromatic rings. The Morgan fingerprint density at radius 2 is 2.27 bits per heavy atom. The first-order valence-electron chi connectivity index (χ1n) is 4.19. The van der Waals surface area contributed by atoms with Gasteiger partial charge in [-0.15, -0.1) is 27.4 Å². The lowest BCUT2D eigenvalue weighted by molar-refractivity contribution is 0.426. The number of thiazole rings is 1. The van der Waals surface area contributed by atoms with Crippen LogP contribution < -0.4 is 4.94 Å². The van der Waals surface area contributed by atoms with Crippen molar-refractivity contribution in [3.8, 4) is 0 Å². The molecule has 1 aliphatic carbocycles. The van der Waals surface area contributed by atoms with Gasteiger partial charge in [-0.3, -0.25) is 0 Å². The monoisotopic (exact) mass is 270 g/mol. The van der Waals surface area contributed by atoms with Crippen LogP contribution in [-0.2, 0) is 10.0 Å². The van der Waals surface area contributed by atoms with Gasteiger partial charge in [0, 0.05) is 11.3 Å². The summed E-state index contributed by atoms with van der Waals surface area (Å²) < 4.78 is 34.4. The Kier molecular flexibility index (Phi) is 2.74. The zero-order chi connectivity index (χ0) is 11.2. The average Bonchev–Trinajstić information content (AvgIpc) is 2.75. The van der Waals surface area contributed by atoms with Crippen LogP contribution >= 0.6 is 22.9 Å². The van der Waals surface area contributed by atoms with Gasteiger partial charge in [-0.2, -0.15) is 0 Å². The number of sulfonamides is 1. The van der Waals surface area contributed by atoms with Gasteiger partial charge in [0.15, 0.2) is 4.21 Å². The van der Waals surface area contributed by atoms with Crippen LogP contribution in [-0.4, -0.2) is 18.8 Å². The van der Waals surface area contributed by atoms with E-state index in [-0.39, 0.29) is 15.5 Å². The Hall–Kier alpha value is -0.240. The van der Waals surface area contributed by atoms with Crippen LogP contribution in [0.25, 0.3) is 0 Å². The SMILES string of the molecule is Cc1nc([C@@H]2C[C@H]2Cl)sc1S(=O)(=O)NF. The molecule has 0 spiro atoms. The van der Waals surface area contributed by atoms with Crippen molar-refractivity contribution >= 4 is 33.0 Å². The van der Waals surface area contributed by atoms with E-state index in [9.17, 15) is 12.9 Å². The van der Waals surface area contributed by atoms with Gasteiger partial charge in [-0.25, -0.2) is 13.4 Å². The number of rotatable bonds is 3. The topological polar surface area (TPSA) is 59.1 Å². The molecule has 1 aliphatic rings. The van der Waals surface area contributed by atoms with Crippen LogP contribution in [0.2, 0.25) is 0 Å². The summed E-state index contributed by atoms with van der Waals surface area (Å²) in [6.45, 7) is 1.54. The molecule has 15 heavy (non-hydrogen) atoms. The van der Waals surface area contributed by atoms with Gasteiger partial charge in [0.25, 0.3) is 10.0 Å². The third-order valence-electron chi connectivity index (χ3n) is 2.15. The maximum Gasteiger partial charge on any atom is 0.277 e. The van der Waals surface area contributed by atoms with Crippen LogP contribution in [0.3, 0.4) is 0 Å². The first kappa shape index (κ1) is 11.3. The summed E-state index contributed by atoms with van der Waals surface area (Å²) in [6, 6.07) is 0. The minimum Gasteiger partial charge on any atom is -0.245 e. The van der Waals surface area contributed by atoms with Crippen molar-refractivity contribution in [3.63, 3.8) is 0 Å². The molecule has 0 aromatic carbocycles. The van der Waals surface area contributed by atoms with Gasteiger partial charge in [-0.1, -0.05) is 0 Å². The van der Waals surface area contributed by atoms with E-state index >= 15 is 0 Å². The standard InChI is InChI=1S/C7H8ClFN2O2S2/c1-3-7(15(12,13)11-9)14-6(10-3)4-2-5(4)8/h4-5,11H,2H2,1H3/t4-,5-/m1/s1. The molecule has 0 aliphatic heterocycles. The fraction of sp³-hybridized carbons (Fsp3) is 0.571. The van der Waals surface area contributed by atoms with E-state index in [0.717, 1.165) is 22.7 Å². The number of aryl methyl sites for hydroxylation is 1. The quantitative estimate of drug-likeness (QED) is 0.672. The average molecular weight is 271 g/mol. The second kappa shape index (κ2) is 3.65. The molecule has 2 atom stereocenters. The van der Waals surface area contributed by atoms with Crippen molar-refractivity contribution in [2.75, 3.05) is 0 Å². The molecule has 1 heterocycles. The van der Waals surface area contributed by atoms with E-state index in [1.54, 1.807) is 0 Å². The van der Waals surface area contributed by atoms with Gasteiger partial charge < -0.3 is 0 Å². The Morgan fingerprint density at radius 1 is 1.67 bits per heavy atom. The molecule has 4 nitrogen and oxygen atoms in total. The van der Waals surface area contributed by atoms with E-state index < -0.39 is 10.0 Å². The maximum absolute atomic E-state index is 12.1. The highest BCUT2D eigenvalue weighted by Gasteiger charge is 2.40. The Balaban J connectivity index is 2.38. The van der Waals surface area contributed by atoms with Gasteiger partial charge in [0.2, 0.25) is 0 Å². The van der Waals surface area contributed by atoms with E-state index in [1.165, 1.54) is 6.92 Å². The minimum absolute atomic E-state index is 0.0319. The largest absolute Gasteiger partial charge is 0.277 e. The number of alkyl halides is 1. The number of halogens is 2. The summed E-state index contributed by atoms with van der Waals surface area (Å²) in [5.41, 5.74) is 0.316. The molecule has 1 saturated carbocycles. The van der Waals surface area contributed by atoms with Crippen LogP contribution in [0.5, 0.6) is 0 Å². The molecule has 1 aromatic heterocycles. The Labute approximate surface area is 95.5 Å². The number of hydrogen-bond acceptors (Lipinski definition) is 4. The Morgan fingerprint density at radius 3 is 2.73 bits per heavy atom. The summed E-state index contributed by atoms with van der Waals surface area (Å²) in [5.74, 6) is 0.124. The van der Waals surface area contributed by atoms with E-state index in [2.05, 4.69) is 4.98 Å². The van der Waals surface area contributed by atoms with E-state index in [4.69, 9.17) is 11.6 Å². The smallest absolute Gasteiger partial charge is 0.245 e. The van der Waals surface area contributed by atoms with Gasteiger partial charge in [0.05, 0.1) is 10.7 Å². The summed E-state index contributed by atoms with van der Waals surface area (Å²) >= 11 is 6.80. The van der Waals surface area contributed by atoms with E-state index in [1.807, 2.05) is 0 Å². The summed E-state index contributed by atoms with van der Waals surface area (Å²) in [4.78, 5) is 4.88. The van der Waals surface area contributed by atoms with Crippen molar-refractivity contribution < 1.29 is 12.9 Å². The van der Waals surface area contributed by atoms with Gasteiger partial charge in [-0.05, 0) is 18.3 Å². The zero-order valence-corrected chi connectivity index (χ0v) is 10.1. The summed E-state index contributed by atoms with van der Waals surface area (Å²) in [7, 11) is -4.03. The number of hydrogen-bond donors (Lipinski definition) is 1. The van der Waals surface area contributed by atoms with Crippen molar-refractivity contribution in [3.05, 3.63) is 10.7 Å².